The van der Waals surface area contributed by atoms with Gasteiger partial charge in [-0.15, -0.1) is 0 Å². The number of carbonyl (C=O) groups excluding carboxylic acids is 11. The van der Waals surface area contributed by atoms with Gasteiger partial charge in [-0.25, -0.2) is 14.4 Å². The van der Waals surface area contributed by atoms with E-state index in [2.05, 4.69) is 26.6 Å². The lowest BCUT2D eigenvalue weighted by molar-refractivity contribution is -0.168. The van der Waals surface area contributed by atoms with E-state index in [0.717, 1.165) is 4.90 Å². The van der Waals surface area contributed by atoms with Gasteiger partial charge < -0.3 is 86.2 Å². The molecule has 0 saturated carbocycles. The van der Waals surface area contributed by atoms with Crippen LogP contribution in [-0.2, 0) is 73.4 Å². The molecule has 0 radical (unpaired) electrons. The zero-order chi connectivity index (χ0) is 73.3. The third-order valence-corrected chi connectivity index (χ3v) is 17.7. The summed E-state index contributed by atoms with van der Waals surface area (Å²) in [4.78, 5) is 158. The minimum Gasteiger partial charge on any atom is -0.481 e. The predicted molar refractivity (Wildman–Crippen MR) is 358 cm³/mol. The first kappa shape index (κ1) is 80.9. The molecule has 4 aliphatic heterocycles. The van der Waals surface area contributed by atoms with Gasteiger partial charge in [0.2, 0.25) is 23.6 Å². The Morgan fingerprint density at radius 2 is 1.48 bits per heavy atom. The fraction of sp³-hybridized carbons (Fsp3) is 0.623. The summed E-state index contributed by atoms with van der Waals surface area (Å²) < 4.78 is 29.3. The maximum absolute atomic E-state index is 14.0. The van der Waals surface area contributed by atoms with Crippen LogP contribution in [0, 0.1) is 17.8 Å². The van der Waals surface area contributed by atoms with E-state index in [-0.39, 0.29) is 115 Å². The van der Waals surface area contributed by atoms with Crippen molar-refractivity contribution in [1.82, 2.24) is 36.0 Å². The number of nitrogens with one attached hydrogen (secondary N) is 5. The van der Waals surface area contributed by atoms with Gasteiger partial charge >= 0.3 is 36.1 Å². The average Bonchev–Trinajstić information content (AvgIpc) is 1.74. The Bertz CT molecular complexity index is 3110. The van der Waals surface area contributed by atoms with Gasteiger partial charge in [-0.05, 0) is 107 Å². The summed E-state index contributed by atoms with van der Waals surface area (Å²) in [5.41, 5.74) is 3.84. The van der Waals surface area contributed by atoms with Crippen LogP contribution in [0.2, 0.25) is 0 Å². The second-order valence-corrected chi connectivity index (χ2v) is 26.5. The first-order valence-electron chi connectivity index (χ1n) is 33.8. The quantitative estimate of drug-likeness (QED) is 0.00901. The fourth-order valence-electron chi connectivity index (χ4n) is 11.7. The van der Waals surface area contributed by atoms with Gasteiger partial charge in [-0.1, -0.05) is 77.5 Å². The normalized spacial score (nSPS) is 23.7. The molecule has 30 nitrogen and oxygen atoms in total. The molecular formula is C69H101N9O21. The molecule has 0 spiro atoms. The number of primary amides is 1. The van der Waals surface area contributed by atoms with Crippen LogP contribution in [0.4, 0.5) is 20.1 Å². The molecule has 1 aromatic carbocycles. The molecule has 2 fully saturated rings. The van der Waals surface area contributed by atoms with Crippen LogP contribution in [0.5, 0.6) is 0 Å². The van der Waals surface area contributed by atoms with Crippen molar-refractivity contribution in [3.8, 4) is 0 Å². The highest BCUT2D eigenvalue weighted by Crippen LogP contribution is 2.38. The molecule has 5 rings (SSSR count). The van der Waals surface area contributed by atoms with Crippen LogP contribution in [0.3, 0.4) is 0 Å². The van der Waals surface area contributed by atoms with Crippen molar-refractivity contribution in [3.05, 3.63) is 77.9 Å². The van der Waals surface area contributed by atoms with Crippen molar-refractivity contribution < 1.29 is 102 Å². The van der Waals surface area contributed by atoms with Crippen LogP contribution >= 0.6 is 0 Å². The van der Waals surface area contributed by atoms with Crippen molar-refractivity contribution in [1.29, 1.82) is 0 Å². The van der Waals surface area contributed by atoms with Crippen LogP contribution < -0.4 is 32.3 Å². The van der Waals surface area contributed by atoms with Crippen molar-refractivity contribution >= 4 is 77.3 Å². The highest BCUT2D eigenvalue weighted by molar-refractivity contribution is 6.12. The number of hydrogen-bond acceptors (Lipinski definition) is 20. The van der Waals surface area contributed by atoms with Crippen molar-refractivity contribution in [2.75, 3.05) is 44.6 Å². The number of aliphatic hydroxyl groups excluding tert-OH is 2. The van der Waals surface area contributed by atoms with Crippen LogP contribution in [0.25, 0.3) is 0 Å². The van der Waals surface area contributed by atoms with E-state index < -0.39 is 144 Å². The number of hydrogen-bond donors (Lipinski definition) is 10. The van der Waals surface area contributed by atoms with E-state index in [4.69, 9.17) is 29.4 Å². The maximum atomic E-state index is 14.0. The number of benzene rings is 1. The van der Waals surface area contributed by atoms with Gasteiger partial charge in [-0.2, -0.15) is 0 Å². The summed E-state index contributed by atoms with van der Waals surface area (Å²) in [6, 6.07) is 1.55. The van der Waals surface area contributed by atoms with Crippen molar-refractivity contribution in [3.63, 3.8) is 0 Å². The zero-order valence-electron chi connectivity index (χ0n) is 58.1. The van der Waals surface area contributed by atoms with Gasteiger partial charge in [0.1, 0.15) is 36.4 Å². The first-order chi connectivity index (χ1) is 46.7. The number of anilines is 1. The molecule has 0 aromatic heterocycles. The molecular weight excluding hydrogens is 1290 g/mol. The molecule has 4 heterocycles. The molecule has 2 saturated heterocycles. The molecule has 4 unspecified atom stereocenters. The number of carboxylic acids is 1. The van der Waals surface area contributed by atoms with Gasteiger partial charge in [0.15, 0.2) is 6.10 Å². The summed E-state index contributed by atoms with van der Waals surface area (Å²) in [6.07, 6.45) is 5.77. The number of urea groups is 1. The third kappa shape index (κ3) is 26.8. The average molecular weight is 1390 g/mol. The Balaban J connectivity index is 1.16. The Morgan fingerprint density at radius 1 is 0.838 bits per heavy atom. The minimum absolute atomic E-state index is 0.0174. The topological polar surface area (TPSA) is 431 Å². The molecule has 30 heteroatoms. The highest BCUT2D eigenvalue weighted by atomic mass is 16.6. The summed E-state index contributed by atoms with van der Waals surface area (Å²) >= 11 is 0. The minimum atomic E-state index is -1.52. The lowest BCUT2D eigenvalue weighted by atomic mass is 9.88. The lowest BCUT2D eigenvalue weighted by Gasteiger charge is -2.38. The van der Waals surface area contributed by atoms with E-state index in [9.17, 15) is 78.0 Å². The van der Waals surface area contributed by atoms with Crippen LogP contribution in [-0.4, -0.2) is 212 Å². The molecule has 13 atom stereocenters. The summed E-state index contributed by atoms with van der Waals surface area (Å²) in [7, 11) is 0. The molecule has 11 N–H and O–H groups in total. The number of nitrogens with two attached hydrogens (primary N) is 1. The number of ether oxygens (including phenoxy) is 5. The molecule has 1 aromatic rings. The van der Waals surface area contributed by atoms with Gasteiger partial charge in [0.05, 0.1) is 36.4 Å². The number of amides is 10. The van der Waals surface area contributed by atoms with Crippen molar-refractivity contribution in [2.45, 2.75) is 218 Å². The predicted octanol–water partition coefficient (Wildman–Crippen LogP) is 4.08. The number of aliphatic hydroxyl groups is 3. The number of rotatable bonds is 33. The Kier molecular flexibility index (Phi) is 31.5. The van der Waals surface area contributed by atoms with E-state index >= 15 is 0 Å². The summed E-state index contributed by atoms with van der Waals surface area (Å²) in [6.45, 7) is 15.2. The number of allylic oxidation sites excluding steroid dienone is 2. The Morgan fingerprint density at radius 3 is 2.10 bits per heavy atom. The van der Waals surface area contributed by atoms with Gasteiger partial charge in [-0.3, -0.25) is 48.1 Å². The van der Waals surface area contributed by atoms with Gasteiger partial charge in [0.25, 0.3) is 11.8 Å². The number of piperazine rings is 1. The molecule has 4 aliphatic rings. The largest absolute Gasteiger partial charge is 0.481 e. The SMILES string of the molecule is CC[C@H](O)[C@@H](C)[C@H]1O[C@@H]1CC(C)(O)/C=C/C=C(\C)[C@H]1OC(=O)C[C@H](O)CC[C@@](C)(OC(C)=O)[C@@H](OC(=O)N2CCN(C(=O)OCc3ccc(NC(=O)C(CCCNC(N)=O)NC(=O)C(NC(=O)C(CCC(=O)O)NC(=O)CCCCCN4C(=O)C=CC4=O)C(C)C)cc3)CC2)/C=C/[C@@H]1C. The molecule has 0 aliphatic carbocycles. The summed E-state index contributed by atoms with van der Waals surface area (Å²) in [5.74, 6) is -7.57. The standard InChI is InChI=1S/C69H101N9O21/c1-10-51(81)44(6)61-52(96-61)39-68(8,94)30-14-16-42(4)60-43(5)19-25-53(69(9,99-45(7)79)31-29-48(80)38-58(87)98-60)97-67(93)77-36-34-76(35-37-77)66(92)95-40-46-20-22-47(23-21-46)72-62(88)49(17-15-32-71-65(70)91)74-64(90)59(41(2)3)75-63(89)50(24-28-57(85)86)73-54(82)18-12-11-13-33-78-55(83)26-27-56(78)84/h14,16,19-23,25-27,30,41,43-44,48-53,59-61,80-81,94H,10-13,15,17-18,24,28-29,31-40H2,1-9H3,(H,72,88)(H,73,82)(H,74,90)(H,75,89)(H,85,86)(H3,70,71,91)/b25-19+,30-14+,42-16+/t43-,44+,48+,49?,50?,51-,52+,53-,59?,60+,61+,68?,69+/m0/s1. The number of esters is 2. The highest BCUT2D eigenvalue weighted by Gasteiger charge is 2.48. The van der Waals surface area contributed by atoms with Crippen LogP contribution in [0.15, 0.2) is 72.4 Å². The number of unbranched alkanes of at least 4 members (excludes halogenated alkanes) is 2. The molecule has 10 amide bonds. The number of carboxylic acid groups (broad SMARTS) is 1. The number of carbonyl (C=O) groups is 12. The molecule has 548 valence electrons. The lowest BCUT2D eigenvalue weighted by Crippen LogP contribution is -2.57. The van der Waals surface area contributed by atoms with E-state index in [1.807, 2.05) is 13.8 Å². The fourth-order valence-corrected chi connectivity index (χ4v) is 11.7. The second kappa shape index (κ2) is 38.6. The molecule has 99 heavy (non-hydrogen) atoms. The van der Waals surface area contributed by atoms with Gasteiger partial charge in [0, 0.05) is 95.1 Å². The number of epoxide rings is 1. The Hall–Kier alpha value is -8.74. The smallest absolute Gasteiger partial charge is 0.410 e. The Labute approximate surface area is 577 Å². The first-order valence-corrected chi connectivity index (χ1v) is 33.8. The van der Waals surface area contributed by atoms with Crippen LogP contribution in [0.1, 0.15) is 151 Å². The summed E-state index contributed by atoms with van der Waals surface area (Å²) in [5, 5.41) is 55.0. The third-order valence-electron chi connectivity index (χ3n) is 17.7. The maximum Gasteiger partial charge on any atom is 0.410 e. The number of nitrogens with zero attached hydrogens (tertiary/aromatic N) is 3. The van der Waals surface area contributed by atoms with E-state index in [1.54, 1.807) is 84.1 Å². The van der Waals surface area contributed by atoms with E-state index in [0.29, 0.717) is 43.2 Å². The zero-order valence-corrected chi connectivity index (χ0v) is 58.1. The number of imide groups is 1. The molecule has 0 bridgehead atoms. The second-order valence-electron chi connectivity index (χ2n) is 26.5. The number of aliphatic carboxylic acids is 1. The number of cyclic esters (lactones) is 1. The monoisotopic (exact) mass is 1390 g/mol. The van der Waals surface area contributed by atoms with E-state index in [1.165, 1.54) is 41.0 Å². The van der Waals surface area contributed by atoms with Crippen molar-refractivity contribution in [2.24, 2.45) is 23.5 Å².